The Bertz CT molecular complexity index is 1190. The summed E-state index contributed by atoms with van der Waals surface area (Å²) in [5.74, 6) is 4.61. The van der Waals surface area contributed by atoms with Crippen LogP contribution in [-0.4, -0.2) is 35.2 Å². The summed E-state index contributed by atoms with van der Waals surface area (Å²) in [5, 5.41) is 5.53. The van der Waals surface area contributed by atoms with E-state index in [2.05, 4.69) is 24.0 Å². The molecule has 2 heterocycles. The zero-order valence-electron chi connectivity index (χ0n) is 20.2. The van der Waals surface area contributed by atoms with E-state index in [4.69, 9.17) is 35.9 Å². The molecule has 1 saturated carbocycles. The number of aryl methyl sites for hydroxylation is 2. The Balaban J connectivity index is 1.54. The van der Waals surface area contributed by atoms with E-state index in [9.17, 15) is 0 Å². The lowest BCUT2D eigenvalue weighted by atomic mass is 9.98. The van der Waals surface area contributed by atoms with Crippen molar-refractivity contribution in [2.75, 3.05) is 25.3 Å². The topological polar surface area (TPSA) is 61.6 Å². The van der Waals surface area contributed by atoms with Crippen LogP contribution in [-0.2, 0) is 0 Å². The Labute approximate surface area is 205 Å². The van der Waals surface area contributed by atoms with Gasteiger partial charge in [0.1, 0.15) is 11.6 Å². The summed E-state index contributed by atoms with van der Waals surface area (Å²) in [4.78, 5) is 7.23. The van der Waals surface area contributed by atoms with Crippen molar-refractivity contribution < 1.29 is 14.2 Å². The highest BCUT2D eigenvalue weighted by Crippen LogP contribution is 2.43. The Kier molecular flexibility index (Phi) is 6.30. The third-order valence-corrected chi connectivity index (χ3v) is 6.89. The zero-order valence-corrected chi connectivity index (χ0v) is 20.9. The minimum absolute atomic E-state index is 0.158. The monoisotopic (exact) mass is 482 g/mol. The van der Waals surface area contributed by atoms with Gasteiger partial charge in [-0.2, -0.15) is 4.98 Å². The van der Waals surface area contributed by atoms with Gasteiger partial charge in [-0.1, -0.05) is 37.4 Å². The van der Waals surface area contributed by atoms with Gasteiger partial charge in [0, 0.05) is 12.6 Å². The highest BCUT2D eigenvalue weighted by atomic mass is 35.5. The highest BCUT2D eigenvalue weighted by molar-refractivity contribution is 6.32. The second kappa shape index (κ2) is 9.37. The SMILES string of the molecule is CCCN(c1nc(C)n(-c2cc(C)c(OC)cc2Cl)n1)[C@@H](CC1CC1)c1ccc2c(c1)OCO2. The number of hydrogen-bond acceptors (Lipinski definition) is 6. The number of rotatable bonds is 9. The molecule has 1 aromatic heterocycles. The quantitative estimate of drug-likeness (QED) is 0.371. The van der Waals surface area contributed by atoms with E-state index in [0.717, 1.165) is 59.6 Å². The predicted octanol–water partition coefficient (Wildman–Crippen LogP) is 6.03. The third-order valence-electron chi connectivity index (χ3n) is 6.58. The van der Waals surface area contributed by atoms with E-state index < -0.39 is 0 Å². The van der Waals surface area contributed by atoms with Crippen molar-refractivity contribution >= 4 is 17.5 Å². The molecule has 2 aliphatic rings. The van der Waals surface area contributed by atoms with Crippen molar-refractivity contribution in [1.29, 1.82) is 0 Å². The fourth-order valence-corrected chi connectivity index (χ4v) is 4.86. The standard InChI is InChI=1S/C26H31ClN4O3/c1-5-10-30(21(12-18-6-7-18)19-8-9-23-25(13-19)34-15-33-23)26-28-17(3)31(29-26)22-11-16(2)24(32-4)14-20(22)27/h8-9,11,13-14,18,21H,5-7,10,12,15H2,1-4H3/t21-/m0/s1. The van der Waals surface area contributed by atoms with Gasteiger partial charge in [-0.3, -0.25) is 0 Å². The average molecular weight is 483 g/mol. The molecule has 5 rings (SSSR count). The Morgan fingerprint density at radius 1 is 1.18 bits per heavy atom. The van der Waals surface area contributed by atoms with E-state index in [1.807, 2.05) is 36.7 Å². The normalized spacial score (nSPS) is 15.4. The number of fused-ring (bicyclic) bond motifs is 1. The summed E-state index contributed by atoms with van der Waals surface area (Å²) in [6.07, 6.45) is 4.61. The van der Waals surface area contributed by atoms with Gasteiger partial charge in [0.05, 0.1) is 23.9 Å². The van der Waals surface area contributed by atoms with Gasteiger partial charge in [0.25, 0.3) is 0 Å². The van der Waals surface area contributed by atoms with Crippen molar-refractivity contribution in [1.82, 2.24) is 14.8 Å². The molecular formula is C26H31ClN4O3. The predicted molar refractivity (Wildman–Crippen MR) is 133 cm³/mol. The molecule has 1 atom stereocenters. The molecule has 0 saturated heterocycles. The molecule has 8 heteroatoms. The summed E-state index contributed by atoms with van der Waals surface area (Å²) in [5.41, 5.74) is 3.00. The van der Waals surface area contributed by atoms with Gasteiger partial charge in [-0.25, -0.2) is 4.68 Å². The fraction of sp³-hybridized carbons (Fsp3) is 0.462. The summed E-state index contributed by atoms with van der Waals surface area (Å²) >= 11 is 6.62. The van der Waals surface area contributed by atoms with Gasteiger partial charge in [0.15, 0.2) is 11.5 Å². The molecule has 1 fully saturated rings. The molecule has 0 spiro atoms. The zero-order chi connectivity index (χ0) is 23.8. The van der Waals surface area contributed by atoms with Crippen molar-refractivity contribution in [2.45, 2.75) is 52.5 Å². The lowest BCUT2D eigenvalue weighted by Crippen LogP contribution is -2.31. The molecule has 0 radical (unpaired) electrons. The summed E-state index contributed by atoms with van der Waals surface area (Å²) in [6, 6.07) is 10.3. The van der Waals surface area contributed by atoms with Crippen LogP contribution in [0, 0.1) is 19.8 Å². The Morgan fingerprint density at radius 2 is 1.97 bits per heavy atom. The van der Waals surface area contributed by atoms with Crippen LogP contribution in [0.2, 0.25) is 5.02 Å². The van der Waals surface area contributed by atoms with Gasteiger partial charge >= 0.3 is 0 Å². The smallest absolute Gasteiger partial charge is 0.245 e. The van der Waals surface area contributed by atoms with Gasteiger partial charge in [-0.05, 0) is 61.9 Å². The summed E-state index contributed by atoms with van der Waals surface area (Å²) in [6.45, 7) is 7.28. The van der Waals surface area contributed by atoms with Gasteiger partial charge in [0.2, 0.25) is 12.7 Å². The van der Waals surface area contributed by atoms with Crippen LogP contribution in [0.1, 0.15) is 55.6 Å². The first kappa shape index (κ1) is 22.8. The molecule has 1 aliphatic carbocycles. The largest absolute Gasteiger partial charge is 0.496 e. The van der Waals surface area contributed by atoms with E-state index in [-0.39, 0.29) is 12.8 Å². The second-order valence-electron chi connectivity index (χ2n) is 9.15. The first-order chi connectivity index (χ1) is 16.5. The van der Waals surface area contributed by atoms with Crippen LogP contribution >= 0.6 is 11.6 Å². The number of hydrogen-bond donors (Lipinski definition) is 0. The van der Waals surface area contributed by atoms with E-state index >= 15 is 0 Å². The van der Waals surface area contributed by atoms with Crippen LogP contribution in [0.15, 0.2) is 30.3 Å². The van der Waals surface area contributed by atoms with Crippen molar-refractivity contribution in [2.24, 2.45) is 5.92 Å². The van der Waals surface area contributed by atoms with Crippen LogP contribution in [0.3, 0.4) is 0 Å². The van der Waals surface area contributed by atoms with Crippen molar-refractivity contribution in [3.63, 3.8) is 0 Å². The van der Waals surface area contributed by atoms with Crippen LogP contribution in [0.5, 0.6) is 17.2 Å². The molecular weight excluding hydrogens is 452 g/mol. The Hall–Kier alpha value is -2.93. The Morgan fingerprint density at radius 3 is 2.71 bits per heavy atom. The number of aromatic nitrogens is 3. The van der Waals surface area contributed by atoms with Crippen LogP contribution in [0.25, 0.3) is 5.69 Å². The van der Waals surface area contributed by atoms with Crippen molar-refractivity contribution in [3.8, 4) is 22.9 Å². The maximum atomic E-state index is 6.62. The minimum atomic E-state index is 0.158. The van der Waals surface area contributed by atoms with Crippen LogP contribution in [0.4, 0.5) is 5.95 Å². The molecule has 0 unspecified atom stereocenters. The molecule has 1 aliphatic heterocycles. The summed E-state index contributed by atoms with van der Waals surface area (Å²) < 4.78 is 18.5. The lowest BCUT2D eigenvalue weighted by Gasteiger charge is -2.31. The number of halogens is 1. The lowest BCUT2D eigenvalue weighted by molar-refractivity contribution is 0.174. The van der Waals surface area contributed by atoms with Gasteiger partial charge in [-0.15, -0.1) is 5.10 Å². The first-order valence-corrected chi connectivity index (χ1v) is 12.3. The molecule has 180 valence electrons. The molecule has 3 aromatic rings. The highest BCUT2D eigenvalue weighted by Gasteiger charge is 2.32. The minimum Gasteiger partial charge on any atom is -0.496 e. The number of nitrogens with zero attached hydrogens (tertiary/aromatic N) is 4. The average Bonchev–Trinajstić information content (AvgIpc) is 3.39. The van der Waals surface area contributed by atoms with Crippen molar-refractivity contribution in [3.05, 3.63) is 52.3 Å². The number of methoxy groups -OCH3 is 1. The van der Waals surface area contributed by atoms with E-state index in [1.165, 1.54) is 18.4 Å². The molecule has 0 amide bonds. The van der Waals surface area contributed by atoms with Gasteiger partial charge < -0.3 is 19.1 Å². The third kappa shape index (κ3) is 4.41. The second-order valence-corrected chi connectivity index (χ2v) is 9.55. The summed E-state index contributed by atoms with van der Waals surface area (Å²) in [7, 11) is 1.65. The number of benzene rings is 2. The van der Waals surface area contributed by atoms with E-state index in [1.54, 1.807) is 7.11 Å². The first-order valence-electron chi connectivity index (χ1n) is 11.9. The molecule has 2 aromatic carbocycles. The maximum Gasteiger partial charge on any atom is 0.245 e. The number of ether oxygens (including phenoxy) is 3. The van der Waals surface area contributed by atoms with Crippen LogP contribution < -0.4 is 19.1 Å². The fourth-order valence-electron chi connectivity index (χ4n) is 4.63. The molecule has 0 bridgehead atoms. The molecule has 34 heavy (non-hydrogen) atoms. The molecule has 7 nitrogen and oxygen atoms in total. The van der Waals surface area contributed by atoms with E-state index in [0.29, 0.717) is 11.0 Å². The number of anilines is 1. The maximum absolute atomic E-state index is 6.62. The molecule has 0 N–H and O–H groups in total.